The van der Waals surface area contributed by atoms with Crippen LogP contribution in [0.3, 0.4) is 0 Å². The minimum atomic E-state index is -0.630. The first-order chi connectivity index (χ1) is 19.2. The van der Waals surface area contributed by atoms with Crippen LogP contribution in [0.2, 0.25) is 0 Å². The fourth-order valence-electron chi connectivity index (χ4n) is 5.08. The van der Waals surface area contributed by atoms with Gasteiger partial charge in [-0.05, 0) is 53.6 Å². The van der Waals surface area contributed by atoms with Gasteiger partial charge in [-0.25, -0.2) is 0 Å². The molecule has 0 bridgehead atoms. The highest BCUT2D eigenvalue weighted by Crippen LogP contribution is 2.50. The van der Waals surface area contributed by atoms with Crippen LogP contribution >= 0.6 is 0 Å². The number of anilines is 1. The lowest BCUT2D eigenvalue weighted by Gasteiger charge is -2.24. The zero-order chi connectivity index (χ0) is 29.4. The number of hydrogen-bond acceptors (Lipinski definition) is 8. The number of rotatable bonds is 12. The molecule has 3 atom stereocenters. The largest absolute Gasteiger partial charge is 0.493 e. The normalized spacial score (nSPS) is 15.4. The van der Waals surface area contributed by atoms with Crippen molar-refractivity contribution >= 4 is 17.5 Å². The fraction of sp³-hybridized carbons (Fsp3) is 0.500. The van der Waals surface area contributed by atoms with E-state index < -0.39 is 12.1 Å². The Morgan fingerprint density at radius 1 is 1.05 bits per heavy atom. The molecule has 0 spiro atoms. The summed E-state index contributed by atoms with van der Waals surface area (Å²) in [4.78, 5) is 38.9. The van der Waals surface area contributed by atoms with E-state index in [0.717, 1.165) is 23.1 Å². The molecule has 2 aromatic rings. The molecule has 0 aromatic heterocycles. The molecular weight excluding hydrogens is 514 g/mol. The Kier molecular flexibility index (Phi) is 10.8. The Hall–Kier alpha value is -3.79. The summed E-state index contributed by atoms with van der Waals surface area (Å²) in [5.41, 5.74) is 3.06. The second-order valence-electron chi connectivity index (χ2n) is 9.89. The van der Waals surface area contributed by atoms with E-state index in [9.17, 15) is 14.4 Å². The van der Waals surface area contributed by atoms with Crippen LogP contribution in [-0.2, 0) is 20.7 Å². The van der Waals surface area contributed by atoms with E-state index in [4.69, 9.17) is 18.9 Å². The summed E-state index contributed by atoms with van der Waals surface area (Å²) in [5, 5.41) is 9.08. The van der Waals surface area contributed by atoms with Crippen LogP contribution in [0.5, 0.6) is 17.2 Å². The number of amides is 2. The topological polar surface area (TPSA) is 124 Å². The van der Waals surface area contributed by atoms with Gasteiger partial charge in [0.25, 0.3) is 0 Å². The molecule has 2 amide bonds. The third-order valence-electron chi connectivity index (χ3n) is 7.33. The first kappa shape index (κ1) is 30.7. The molecule has 1 aliphatic rings. The minimum absolute atomic E-state index is 0.0463. The number of aryl methyl sites for hydroxylation is 1. The fourth-order valence-corrected chi connectivity index (χ4v) is 5.08. The maximum Gasteiger partial charge on any atom is 0.242 e. The first-order valence-electron chi connectivity index (χ1n) is 13.5. The highest BCUT2D eigenvalue weighted by Gasteiger charge is 2.30. The SMILES string of the molecule is CCC(C)C(Nc1ccc2c(cc1=O)C(NC(C)=O)CCc1cc(OC)c(OC)c(OC)c1-2)C(=O)NCCOC. The second-order valence-corrected chi connectivity index (χ2v) is 9.89. The van der Waals surface area contributed by atoms with Crippen LogP contribution in [-0.4, -0.2) is 59.4 Å². The molecular formula is C30H41N3O7. The van der Waals surface area contributed by atoms with E-state index in [1.54, 1.807) is 40.6 Å². The molecule has 3 unspecified atom stereocenters. The number of ether oxygens (including phenoxy) is 4. The lowest BCUT2D eigenvalue weighted by atomic mass is 9.95. The molecule has 0 saturated heterocycles. The molecule has 0 aliphatic heterocycles. The van der Waals surface area contributed by atoms with Crippen LogP contribution < -0.4 is 35.6 Å². The van der Waals surface area contributed by atoms with Gasteiger partial charge in [0.15, 0.2) is 11.5 Å². The van der Waals surface area contributed by atoms with E-state index in [2.05, 4.69) is 16.0 Å². The highest BCUT2D eigenvalue weighted by molar-refractivity contribution is 5.86. The van der Waals surface area contributed by atoms with Gasteiger partial charge in [-0.15, -0.1) is 0 Å². The number of carbonyl (C=O) groups is 2. The van der Waals surface area contributed by atoms with Crippen molar-refractivity contribution in [2.45, 2.75) is 52.1 Å². The van der Waals surface area contributed by atoms with Gasteiger partial charge in [0, 0.05) is 26.1 Å². The van der Waals surface area contributed by atoms with Crippen LogP contribution in [0.25, 0.3) is 11.1 Å². The van der Waals surface area contributed by atoms with Crippen LogP contribution in [0.15, 0.2) is 29.1 Å². The highest BCUT2D eigenvalue weighted by atomic mass is 16.5. The molecule has 1 aliphatic carbocycles. The maximum atomic E-state index is 13.7. The Bertz CT molecular complexity index is 1280. The van der Waals surface area contributed by atoms with Gasteiger partial charge in [-0.1, -0.05) is 26.3 Å². The minimum Gasteiger partial charge on any atom is -0.493 e. The Balaban J connectivity index is 2.22. The average Bonchev–Trinajstić information content (AvgIpc) is 3.18. The van der Waals surface area contributed by atoms with E-state index >= 15 is 0 Å². The summed E-state index contributed by atoms with van der Waals surface area (Å²) < 4.78 is 22.1. The van der Waals surface area contributed by atoms with Gasteiger partial charge in [0.2, 0.25) is 23.0 Å². The summed E-state index contributed by atoms with van der Waals surface area (Å²) in [5.74, 6) is 0.981. The van der Waals surface area contributed by atoms with Gasteiger partial charge >= 0.3 is 0 Å². The summed E-state index contributed by atoms with van der Waals surface area (Å²) in [6.45, 7) is 6.17. The summed E-state index contributed by atoms with van der Waals surface area (Å²) in [6, 6.07) is 5.92. The van der Waals surface area contributed by atoms with Crippen LogP contribution in [0.1, 0.15) is 50.8 Å². The number of carbonyl (C=O) groups excluding carboxylic acids is 2. The molecule has 0 saturated carbocycles. The van der Waals surface area contributed by atoms with Crippen molar-refractivity contribution < 1.29 is 28.5 Å². The van der Waals surface area contributed by atoms with E-state index in [1.807, 2.05) is 26.0 Å². The van der Waals surface area contributed by atoms with Gasteiger partial charge in [-0.3, -0.25) is 14.4 Å². The van der Waals surface area contributed by atoms with Crippen molar-refractivity contribution in [2.75, 3.05) is 46.9 Å². The van der Waals surface area contributed by atoms with Crippen molar-refractivity contribution in [1.29, 1.82) is 0 Å². The van der Waals surface area contributed by atoms with Gasteiger partial charge in [0.1, 0.15) is 6.04 Å². The number of hydrogen-bond donors (Lipinski definition) is 3. The van der Waals surface area contributed by atoms with Crippen molar-refractivity contribution in [3.05, 3.63) is 45.6 Å². The Labute approximate surface area is 235 Å². The molecule has 218 valence electrons. The summed E-state index contributed by atoms with van der Waals surface area (Å²) >= 11 is 0. The maximum absolute atomic E-state index is 13.7. The van der Waals surface area contributed by atoms with E-state index in [0.29, 0.717) is 48.8 Å². The summed E-state index contributed by atoms with van der Waals surface area (Å²) in [6.07, 6.45) is 1.89. The first-order valence-corrected chi connectivity index (χ1v) is 13.5. The molecule has 40 heavy (non-hydrogen) atoms. The summed E-state index contributed by atoms with van der Waals surface area (Å²) in [7, 11) is 6.23. The smallest absolute Gasteiger partial charge is 0.242 e. The van der Waals surface area contributed by atoms with Crippen molar-refractivity contribution in [3.8, 4) is 28.4 Å². The number of benzene rings is 1. The Morgan fingerprint density at radius 2 is 1.77 bits per heavy atom. The molecule has 0 heterocycles. The third-order valence-corrected chi connectivity index (χ3v) is 7.33. The molecule has 0 fully saturated rings. The van der Waals surface area contributed by atoms with Gasteiger partial charge < -0.3 is 34.9 Å². The standard InChI is InChI=1S/C30H41N3O7/c1-8-17(2)27(30(36)31-13-14-37-4)33-23-12-10-20-21(16-24(23)35)22(32-18(3)34)11-9-19-15-25(38-5)28(39-6)29(40-7)26(19)20/h10,12,15-17,22,27H,8-9,11,13-14H2,1-7H3,(H,31,36)(H,32,34)(H,33,35). The lowest BCUT2D eigenvalue weighted by molar-refractivity contribution is -0.123. The third kappa shape index (κ3) is 6.67. The van der Waals surface area contributed by atoms with Crippen molar-refractivity contribution in [3.63, 3.8) is 0 Å². The predicted octanol–water partition coefficient (Wildman–Crippen LogP) is 3.45. The monoisotopic (exact) mass is 555 g/mol. The molecule has 10 heteroatoms. The van der Waals surface area contributed by atoms with Crippen molar-refractivity contribution in [1.82, 2.24) is 10.6 Å². The van der Waals surface area contributed by atoms with E-state index in [-0.39, 0.29) is 28.8 Å². The van der Waals surface area contributed by atoms with E-state index in [1.165, 1.54) is 6.92 Å². The number of nitrogens with one attached hydrogen (secondary N) is 3. The van der Waals surface area contributed by atoms with Crippen molar-refractivity contribution in [2.24, 2.45) is 5.92 Å². The molecule has 2 aromatic carbocycles. The predicted molar refractivity (Wildman–Crippen MR) is 154 cm³/mol. The van der Waals surface area contributed by atoms with Gasteiger partial charge in [-0.2, -0.15) is 0 Å². The second kappa shape index (κ2) is 14.0. The number of methoxy groups -OCH3 is 4. The molecule has 3 rings (SSSR count). The zero-order valence-corrected chi connectivity index (χ0v) is 24.4. The quantitative estimate of drug-likeness (QED) is 0.340. The number of fused-ring (bicyclic) bond motifs is 3. The Morgan fingerprint density at radius 3 is 2.38 bits per heavy atom. The average molecular weight is 556 g/mol. The molecule has 10 nitrogen and oxygen atoms in total. The van der Waals surface area contributed by atoms with Crippen LogP contribution in [0, 0.1) is 5.92 Å². The van der Waals surface area contributed by atoms with Crippen LogP contribution in [0.4, 0.5) is 5.69 Å². The lowest BCUT2D eigenvalue weighted by Crippen LogP contribution is -2.45. The molecule has 0 radical (unpaired) electrons. The zero-order valence-electron chi connectivity index (χ0n) is 24.4. The van der Waals surface area contributed by atoms with Gasteiger partial charge in [0.05, 0.1) is 39.7 Å². The molecule has 3 N–H and O–H groups in total.